The molecule has 0 spiro atoms. The van der Waals surface area contributed by atoms with Crippen LogP contribution in [-0.2, 0) is 14.3 Å². The maximum absolute atomic E-state index is 12.5. The highest BCUT2D eigenvalue weighted by Gasteiger charge is 2.31. The first-order chi connectivity index (χ1) is 16.5. The van der Waals surface area contributed by atoms with Crippen LogP contribution in [0, 0.1) is 5.92 Å². The van der Waals surface area contributed by atoms with Gasteiger partial charge in [-0.3, -0.25) is 4.79 Å². The van der Waals surface area contributed by atoms with E-state index in [1.54, 1.807) is 0 Å². The summed E-state index contributed by atoms with van der Waals surface area (Å²) in [5.74, 6) is -1.26. The van der Waals surface area contributed by atoms with E-state index in [4.69, 9.17) is 9.84 Å². The summed E-state index contributed by atoms with van der Waals surface area (Å²) in [4.78, 5) is 36.0. The number of rotatable bonds is 9. The lowest BCUT2D eigenvalue weighted by Crippen LogP contribution is -2.41. The van der Waals surface area contributed by atoms with Crippen molar-refractivity contribution in [3.8, 4) is 11.1 Å². The number of hydrogen-bond acceptors (Lipinski definition) is 4. The lowest BCUT2D eigenvalue weighted by Gasteiger charge is -2.17. The Morgan fingerprint density at radius 2 is 1.71 bits per heavy atom. The minimum absolute atomic E-state index is 0.0101. The van der Waals surface area contributed by atoms with Crippen LogP contribution < -0.4 is 10.6 Å². The van der Waals surface area contributed by atoms with E-state index in [0.717, 1.165) is 12.8 Å². The van der Waals surface area contributed by atoms with Crippen LogP contribution in [0.4, 0.5) is 4.79 Å². The summed E-state index contributed by atoms with van der Waals surface area (Å²) in [6.07, 6.45) is 3.66. The van der Waals surface area contributed by atoms with Gasteiger partial charge < -0.3 is 20.5 Å². The summed E-state index contributed by atoms with van der Waals surface area (Å²) in [7, 11) is 0. The van der Waals surface area contributed by atoms with Crippen LogP contribution in [0.2, 0.25) is 0 Å². The lowest BCUT2D eigenvalue weighted by atomic mass is 9.98. The molecule has 7 nitrogen and oxygen atoms in total. The smallest absolute Gasteiger partial charge is 0.407 e. The van der Waals surface area contributed by atoms with E-state index in [0.29, 0.717) is 6.42 Å². The number of ether oxygens (including phenoxy) is 1. The average Bonchev–Trinajstić information content (AvgIpc) is 3.39. The maximum Gasteiger partial charge on any atom is 0.407 e. The average molecular weight is 463 g/mol. The Labute approximate surface area is 199 Å². The third kappa shape index (κ3) is 5.30. The summed E-state index contributed by atoms with van der Waals surface area (Å²) >= 11 is 0. The number of aliphatic carboxylic acids is 1. The van der Waals surface area contributed by atoms with Gasteiger partial charge in [0.15, 0.2) is 0 Å². The van der Waals surface area contributed by atoms with Gasteiger partial charge in [0, 0.05) is 18.4 Å². The number of amides is 2. The number of carbonyl (C=O) groups is 3. The van der Waals surface area contributed by atoms with Crippen LogP contribution in [0.15, 0.2) is 61.2 Å². The minimum Gasteiger partial charge on any atom is -0.480 e. The third-order valence-electron chi connectivity index (χ3n) is 6.72. The molecule has 2 aromatic carbocycles. The van der Waals surface area contributed by atoms with Crippen molar-refractivity contribution in [2.24, 2.45) is 5.92 Å². The zero-order chi connectivity index (χ0) is 24.1. The Kier molecular flexibility index (Phi) is 7.30. The molecular formula is C27H30N2O5. The molecule has 4 rings (SSSR count). The molecule has 3 atom stereocenters. The van der Waals surface area contributed by atoms with Gasteiger partial charge in [0.2, 0.25) is 5.91 Å². The number of carboxylic acids is 1. The summed E-state index contributed by atoms with van der Waals surface area (Å²) in [5.41, 5.74) is 4.70. The van der Waals surface area contributed by atoms with Gasteiger partial charge >= 0.3 is 12.1 Å². The van der Waals surface area contributed by atoms with E-state index in [9.17, 15) is 14.4 Å². The summed E-state index contributed by atoms with van der Waals surface area (Å²) in [6, 6.07) is 15.4. The first-order valence-corrected chi connectivity index (χ1v) is 11.7. The third-order valence-corrected chi connectivity index (χ3v) is 6.72. The fraction of sp³-hybridized carbons (Fsp3) is 0.370. The molecule has 2 aliphatic rings. The Morgan fingerprint density at radius 1 is 1.06 bits per heavy atom. The van der Waals surface area contributed by atoms with Crippen LogP contribution in [0.5, 0.6) is 0 Å². The molecule has 2 aliphatic carbocycles. The highest BCUT2D eigenvalue weighted by atomic mass is 16.5. The van der Waals surface area contributed by atoms with Crippen molar-refractivity contribution in [2.45, 2.75) is 50.1 Å². The summed E-state index contributed by atoms with van der Waals surface area (Å²) in [5, 5.41) is 14.6. The highest BCUT2D eigenvalue weighted by molar-refractivity contribution is 5.83. The van der Waals surface area contributed by atoms with E-state index >= 15 is 0 Å². The summed E-state index contributed by atoms with van der Waals surface area (Å²) in [6.45, 7) is 3.79. The summed E-state index contributed by atoms with van der Waals surface area (Å²) < 4.78 is 5.62. The number of carbonyl (C=O) groups excluding carboxylic acids is 2. The quantitative estimate of drug-likeness (QED) is 0.484. The number of benzene rings is 2. The number of carboxylic acid groups (broad SMARTS) is 1. The van der Waals surface area contributed by atoms with Gasteiger partial charge in [-0.05, 0) is 53.9 Å². The first-order valence-electron chi connectivity index (χ1n) is 11.7. The lowest BCUT2D eigenvalue weighted by molar-refractivity contribution is -0.141. The van der Waals surface area contributed by atoms with Gasteiger partial charge in [-0.2, -0.15) is 0 Å². The van der Waals surface area contributed by atoms with Crippen molar-refractivity contribution in [3.05, 3.63) is 72.3 Å². The second-order valence-electron chi connectivity index (χ2n) is 9.03. The van der Waals surface area contributed by atoms with Crippen LogP contribution in [0.25, 0.3) is 11.1 Å². The first kappa shape index (κ1) is 23.5. The fourth-order valence-corrected chi connectivity index (χ4v) is 5.10. The number of hydrogen-bond donors (Lipinski definition) is 3. The van der Waals surface area contributed by atoms with Crippen molar-refractivity contribution in [1.29, 1.82) is 0 Å². The van der Waals surface area contributed by atoms with E-state index in [1.807, 2.05) is 24.3 Å². The van der Waals surface area contributed by atoms with Crippen LogP contribution >= 0.6 is 0 Å². The second-order valence-corrected chi connectivity index (χ2v) is 9.03. The van der Waals surface area contributed by atoms with Crippen LogP contribution in [0.3, 0.4) is 0 Å². The van der Waals surface area contributed by atoms with Crippen molar-refractivity contribution in [3.63, 3.8) is 0 Å². The molecule has 2 aromatic rings. The largest absolute Gasteiger partial charge is 0.480 e. The predicted molar refractivity (Wildman–Crippen MR) is 128 cm³/mol. The number of nitrogens with one attached hydrogen (secondary N) is 2. The molecule has 0 heterocycles. The van der Waals surface area contributed by atoms with Gasteiger partial charge in [0.25, 0.3) is 0 Å². The van der Waals surface area contributed by atoms with Gasteiger partial charge in [0.1, 0.15) is 12.6 Å². The zero-order valence-electron chi connectivity index (χ0n) is 19.0. The zero-order valence-corrected chi connectivity index (χ0v) is 19.0. The van der Waals surface area contributed by atoms with Crippen molar-refractivity contribution in [2.75, 3.05) is 6.61 Å². The molecule has 2 amide bonds. The van der Waals surface area contributed by atoms with Gasteiger partial charge in [-0.1, -0.05) is 54.6 Å². The molecule has 178 valence electrons. The fourth-order valence-electron chi connectivity index (χ4n) is 5.10. The highest BCUT2D eigenvalue weighted by Crippen LogP contribution is 2.44. The molecule has 1 saturated carbocycles. The molecule has 3 N–H and O–H groups in total. The van der Waals surface area contributed by atoms with E-state index < -0.39 is 18.1 Å². The van der Waals surface area contributed by atoms with E-state index in [-0.39, 0.29) is 43.2 Å². The van der Waals surface area contributed by atoms with Crippen molar-refractivity contribution in [1.82, 2.24) is 10.6 Å². The van der Waals surface area contributed by atoms with Crippen molar-refractivity contribution < 1.29 is 24.2 Å². The molecule has 3 unspecified atom stereocenters. The number of alkyl carbamates (subject to hydrolysis) is 1. The minimum atomic E-state index is -1.07. The van der Waals surface area contributed by atoms with Crippen molar-refractivity contribution >= 4 is 18.0 Å². The van der Waals surface area contributed by atoms with E-state index in [2.05, 4.69) is 41.5 Å². The molecule has 34 heavy (non-hydrogen) atoms. The maximum atomic E-state index is 12.5. The predicted octanol–water partition coefficient (Wildman–Crippen LogP) is 4.23. The van der Waals surface area contributed by atoms with Gasteiger partial charge in [-0.25, -0.2) is 9.59 Å². The Hall–Kier alpha value is -3.61. The van der Waals surface area contributed by atoms with Crippen LogP contribution in [-0.4, -0.2) is 41.8 Å². The number of fused-ring (bicyclic) bond motifs is 3. The molecule has 0 radical (unpaired) electrons. The van der Waals surface area contributed by atoms with Gasteiger partial charge in [0.05, 0.1) is 0 Å². The molecule has 0 aliphatic heterocycles. The molecule has 0 aromatic heterocycles. The van der Waals surface area contributed by atoms with E-state index in [1.165, 1.54) is 28.3 Å². The Balaban J connectivity index is 1.25. The molecule has 1 fully saturated rings. The molecule has 0 saturated heterocycles. The monoisotopic (exact) mass is 462 g/mol. The van der Waals surface area contributed by atoms with Gasteiger partial charge in [-0.15, -0.1) is 6.58 Å². The molecule has 0 bridgehead atoms. The standard InChI is InChI=1S/C27H30N2O5/c1-2-7-24(26(31)32)29-25(30)15-17-12-13-18(14-17)28-27(33)34-16-23-21-10-5-3-8-19(21)20-9-4-6-11-22(20)23/h2-6,8-11,17-18,23-24H,1,7,12-16H2,(H,28,33)(H,29,30)(H,31,32). The Morgan fingerprint density at radius 3 is 2.32 bits per heavy atom. The molecular weight excluding hydrogens is 432 g/mol. The van der Waals surface area contributed by atoms with Crippen LogP contribution in [0.1, 0.15) is 49.1 Å². The SMILES string of the molecule is C=CCC(NC(=O)CC1CCC(NC(=O)OCC2c3ccccc3-c3ccccc32)C1)C(=O)O. The molecule has 7 heteroatoms. The second kappa shape index (κ2) is 10.5. The topological polar surface area (TPSA) is 105 Å². The normalized spacial score (nSPS) is 19.5. The Bertz CT molecular complexity index is 1040.